The van der Waals surface area contributed by atoms with Gasteiger partial charge in [-0.2, -0.15) is 5.43 Å². The van der Waals surface area contributed by atoms with Gasteiger partial charge in [0, 0.05) is 5.10 Å². The maximum Gasteiger partial charge on any atom is 0.316 e. The first-order chi connectivity index (χ1) is 10.4. The van der Waals surface area contributed by atoms with Crippen molar-refractivity contribution in [3.8, 4) is 0 Å². The van der Waals surface area contributed by atoms with Gasteiger partial charge in [0.15, 0.2) is 0 Å². The molecule has 0 saturated heterocycles. The SMILES string of the molecule is COS(=O)(=O)[O-].Cc1ccccc1NN=C[n+]1ccccc1. The number of para-hydroxylation sites is 1. The van der Waals surface area contributed by atoms with E-state index in [1.165, 1.54) is 5.56 Å². The average Bonchev–Trinajstić information content (AvgIpc) is 2.50. The second kappa shape index (κ2) is 8.88. The van der Waals surface area contributed by atoms with Crippen molar-refractivity contribution in [1.29, 1.82) is 0 Å². The molecule has 0 bridgehead atoms. The minimum atomic E-state index is -4.41. The fourth-order valence-corrected chi connectivity index (χ4v) is 1.35. The van der Waals surface area contributed by atoms with Crippen LogP contribution in [0.4, 0.5) is 5.69 Å². The van der Waals surface area contributed by atoms with E-state index in [1.807, 2.05) is 66.3 Å². The molecule has 1 heterocycles. The number of hydrogen-bond acceptors (Lipinski definition) is 6. The summed E-state index contributed by atoms with van der Waals surface area (Å²) in [5, 5.41) is 4.16. The number of nitrogens with zero attached hydrogens (tertiary/aromatic N) is 2. The lowest BCUT2D eigenvalue weighted by Gasteiger charge is -1.98. The smallest absolute Gasteiger partial charge is 0.316 e. The van der Waals surface area contributed by atoms with E-state index in [9.17, 15) is 13.0 Å². The van der Waals surface area contributed by atoms with Crippen LogP contribution in [0, 0.1) is 6.92 Å². The summed E-state index contributed by atoms with van der Waals surface area (Å²) in [6.07, 6.45) is 5.60. The number of benzene rings is 1. The maximum absolute atomic E-state index is 9.22. The van der Waals surface area contributed by atoms with Crippen LogP contribution in [0.1, 0.15) is 5.56 Å². The normalized spacial score (nSPS) is 10.9. The van der Waals surface area contributed by atoms with Gasteiger partial charge in [0.05, 0.1) is 25.2 Å². The van der Waals surface area contributed by atoms with Gasteiger partial charge >= 0.3 is 6.34 Å². The summed E-state index contributed by atoms with van der Waals surface area (Å²) < 4.78 is 32.9. The van der Waals surface area contributed by atoms with Crippen molar-refractivity contribution in [3.63, 3.8) is 0 Å². The molecule has 0 spiro atoms. The number of anilines is 1. The van der Waals surface area contributed by atoms with E-state index in [-0.39, 0.29) is 0 Å². The van der Waals surface area contributed by atoms with Crippen molar-refractivity contribution in [3.05, 3.63) is 60.4 Å². The van der Waals surface area contributed by atoms with Gasteiger partial charge in [0.1, 0.15) is 0 Å². The van der Waals surface area contributed by atoms with Gasteiger partial charge in [-0.3, -0.25) is 4.18 Å². The van der Waals surface area contributed by atoms with Crippen LogP contribution in [0.2, 0.25) is 0 Å². The third-order valence-electron chi connectivity index (χ3n) is 2.46. The Kier molecular flexibility index (Phi) is 7.17. The van der Waals surface area contributed by atoms with E-state index in [1.54, 1.807) is 6.34 Å². The maximum atomic E-state index is 9.22. The monoisotopic (exact) mass is 323 g/mol. The van der Waals surface area contributed by atoms with Crippen molar-refractivity contribution in [1.82, 2.24) is 0 Å². The third-order valence-corrected chi connectivity index (χ3v) is 2.87. The van der Waals surface area contributed by atoms with E-state index in [0.29, 0.717) is 0 Å². The van der Waals surface area contributed by atoms with E-state index in [4.69, 9.17) is 0 Å². The van der Waals surface area contributed by atoms with Gasteiger partial charge in [0.25, 0.3) is 0 Å². The average molecular weight is 323 g/mol. The Hall–Kier alpha value is -2.29. The van der Waals surface area contributed by atoms with Crippen molar-refractivity contribution in [2.24, 2.45) is 5.10 Å². The molecule has 0 atom stereocenters. The van der Waals surface area contributed by atoms with Crippen molar-refractivity contribution >= 4 is 22.4 Å². The predicted molar refractivity (Wildman–Crippen MR) is 82.0 cm³/mol. The Balaban J connectivity index is 0.000000346. The lowest BCUT2D eigenvalue weighted by atomic mass is 10.2. The standard InChI is InChI=1S/C13H14N3.CH4O4S/c1-12-7-3-4-8-13(12)15-14-11-16-9-5-2-6-10-16;1-5-6(2,3)4/h2-11,15H,1H3;1H3,(H,2,3,4)/q+1;/p-1. The Morgan fingerprint density at radius 1 is 1.18 bits per heavy atom. The summed E-state index contributed by atoms with van der Waals surface area (Å²) in [6, 6.07) is 13.9. The highest BCUT2D eigenvalue weighted by molar-refractivity contribution is 7.80. The van der Waals surface area contributed by atoms with Gasteiger partial charge < -0.3 is 4.55 Å². The molecule has 0 aliphatic rings. The summed E-state index contributed by atoms with van der Waals surface area (Å²) in [7, 11) is -3.60. The van der Waals surface area contributed by atoms with Crippen LogP contribution < -0.4 is 9.99 Å². The minimum absolute atomic E-state index is 0.808. The predicted octanol–water partition coefficient (Wildman–Crippen LogP) is 1.28. The van der Waals surface area contributed by atoms with Crippen molar-refractivity contribution < 1.29 is 21.7 Å². The number of aromatic nitrogens is 1. The van der Waals surface area contributed by atoms with Crippen LogP contribution in [0.5, 0.6) is 0 Å². The lowest BCUT2D eigenvalue weighted by Crippen LogP contribution is -2.32. The van der Waals surface area contributed by atoms with E-state index < -0.39 is 10.4 Å². The molecule has 1 N–H and O–H groups in total. The number of rotatable bonds is 4. The highest BCUT2D eigenvalue weighted by atomic mass is 32.3. The molecular formula is C14H17N3O4S. The Morgan fingerprint density at radius 3 is 2.32 bits per heavy atom. The Bertz CT molecular complexity index is 703. The number of hydrogen-bond donors (Lipinski definition) is 1. The number of aryl methyl sites for hydroxylation is 1. The highest BCUT2D eigenvalue weighted by Gasteiger charge is 1.96. The third kappa shape index (κ3) is 7.48. The molecule has 0 aliphatic carbocycles. The van der Waals surface area contributed by atoms with E-state index >= 15 is 0 Å². The number of pyridine rings is 1. The molecule has 118 valence electrons. The fourth-order valence-electron chi connectivity index (χ4n) is 1.35. The minimum Gasteiger partial charge on any atom is -0.726 e. The molecule has 22 heavy (non-hydrogen) atoms. The molecular weight excluding hydrogens is 306 g/mol. The molecule has 0 radical (unpaired) electrons. The van der Waals surface area contributed by atoms with Crippen molar-refractivity contribution in [2.75, 3.05) is 12.5 Å². The Morgan fingerprint density at radius 2 is 1.77 bits per heavy atom. The number of nitrogens with one attached hydrogen (secondary N) is 1. The summed E-state index contributed by atoms with van der Waals surface area (Å²) in [4.78, 5) is 0. The van der Waals surface area contributed by atoms with Gasteiger partial charge in [-0.1, -0.05) is 24.3 Å². The molecule has 0 saturated carbocycles. The zero-order valence-electron chi connectivity index (χ0n) is 12.2. The first-order valence-electron chi connectivity index (χ1n) is 6.24. The highest BCUT2D eigenvalue weighted by Crippen LogP contribution is 2.12. The van der Waals surface area contributed by atoms with Gasteiger partial charge in [-0.05, 0) is 30.7 Å². The van der Waals surface area contributed by atoms with E-state index in [2.05, 4.69) is 14.7 Å². The quantitative estimate of drug-likeness (QED) is 0.228. The largest absolute Gasteiger partial charge is 0.726 e. The Labute approximate surface area is 129 Å². The molecule has 2 rings (SSSR count). The van der Waals surface area contributed by atoms with Gasteiger partial charge in [-0.25, -0.2) is 13.0 Å². The topological polar surface area (TPSA) is 94.7 Å². The summed E-state index contributed by atoms with van der Waals surface area (Å²) in [5.74, 6) is 0. The van der Waals surface area contributed by atoms with Gasteiger partial charge in [-0.15, -0.1) is 0 Å². The molecule has 0 fully saturated rings. The van der Waals surface area contributed by atoms with Crippen LogP contribution in [-0.4, -0.2) is 26.4 Å². The molecule has 1 aromatic heterocycles. The van der Waals surface area contributed by atoms with Crippen LogP contribution >= 0.6 is 0 Å². The zero-order valence-corrected chi connectivity index (χ0v) is 13.0. The zero-order chi connectivity index (χ0) is 16.4. The van der Waals surface area contributed by atoms with Crippen LogP contribution in [0.25, 0.3) is 0 Å². The van der Waals surface area contributed by atoms with E-state index in [0.717, 1.165) is 12.8 Å². The lowest BCUT2D eigenvalue weighted by molar-refractivity contribution is -0.546. The first-order valence-corrected chi connectivity index (χ1v) is 7.58. The van der Waals surface area contributed by atoms with Crippen LogP contribution in [-0.2, 0) is 14.6 Å². The molecule has 0 aliphatic heterocycles. The summed E-state index contributed by atoms with van der Waals surface area (Å²) in [5.41, 5.74) is 5.21. The first kappa shape index (κ1) is 17.8. The van der Waals surface area contributed by atoms with Crippen LogP contribution in [0.15, 0.2) is 60.0 Å². The molecule has 0 unspecified atom stereocenters. The molecule has 7 nitrogen and oxygen atoms in total. The molecule has 1 aromatic carbocycles. The molecule has 2 aromatic rings. The molecule has 0 amide bonds. The second-order valence-corrected chi connectivity index (χ2v) is 5.22. The fraction of sp³-hybridized carbons (Fsp3) is 0.143. The summed E-state index contributed by atoms with van der Waals surface area (Å²) >= 11 is 0. The molecule has 8 heteroatoms. The summed E-state index contributed by atoms with van der Waals surface area (Å²) in [6.45, 7) is 2.05. The number of hydrazone groups is 1. The second-order valence-electron chi connectivity index (χ2n) is 4.07. The van der Waals surface area contributed by atoms with Gasteiger partial charge in [0.2, 0.25) is 10.4 Å². The van der Waals surface area contributed by atoms with Crippen molar-refractivity contribution in [2.45, 2.75) is 6.92 Å². The van der Waals surface area contributed by atoms with Crippen LogP contribution in [0.3, 0.4) is 0 Å².